The topological polar surface area (TPSA) is 47.4 Å². The van der Waals surface area contributed by atoms with Crippen LogP contribution >= 0.6 is 24.0 Å². The number of hydrogen-bond donors (Lipinski definition) is 0. The van der Waals surface area contributed by atoms with Crippen LogP contribution in [0.25, 0.3) is 11.8 Å². The van der Waals surface area contributed by atoms with Crippen molar-refractivity contribution in [3.8, 4) is 11.4 Å². The lowest BCUT2D eigenvalue weighted by atomic mass is 10.2. The number of rotatable bonds is 4. The van der Waals surface area contributed by atoms with Crippen LogP contribution in [0.5, 0.6) is 5.75 Å². The zero-order valence-electron chi connectivity index (χ0n) is 14.4. The quantitative estimate of drug-likeness (QED) is 0.489. The molecule has 0 unspecified atom stereocenters. The van der Waals surface area contributed by atoms with Gasteiger partial charge in [0.1, 0.15) is 5.75 Å². The number of nitrogens with zero attached hydrogens (tertiary/aromatic N) is 3. The molecule has 4 rings (SSSR count). The molecule has 0 radical (unpaired) electrons. The molecule has 2 heterocycles. The predicted octanol–water partition coefficient (Wildman–Crippen LogP) is 4.29. The van der Waals surface area contributed by atoms with Crippen molar-refractivity contribution in [3.63, 3.8) is 0 Å². The first-order valence-corrected chi connectivity index (χ1v) is 9.38. The van der Waals surface area contributed by atoms with Crippen molar-refractivity contribution < 1.29 is 9.53 Å². The molecule has 0 spiro atoms. The largest absolute Gasteiger partial charge is 0.497 e. The summed E-state index contributed by atoms with van der Waals surface area (Å²) >= 11 is 6.72. The molecule has 1 aromatic heterocycles. The molecule has 1 aliphatic heterocycles. The van der Waals surface area contributed by atoms with E-state index in [1.165, 1.54) is 16.7 Å². The van der Waals surface area contributed by atoms with Crippen molar-refractivity contribution in [2.75, 3.05) is 12.0 Å². The highest BCUT2D eigenvalue weighted by Crippen LogP contribution is 2.37. The Labute approximate surface area is 166 Å². The highest BCUT2D eigenvalue weighted by atomic mass is 32.2. The second kappa shape index (κ2) is 7.38. The molecule has 1 amide bonds. The SMILES string of the molecule is COc1cccc(N2C(=O)/C(=C\c3ccc(-n4ccnc4)cc3)SC2=S)c1. The van der Waals surface area contributed by atoms with Gasteiger partial charge < -0.3 is 9.30 Å². The Balaban J connectivity index is 1.59. The third-order valence-electron chi connectivity index (χ3n) is 4.10. The van der Waals surface area contributed by atoms with Gasteiger partial charge in [-0.25, -0.2) is 4.98 Å². The lowest BCUT2D eigenvalue weighted by molar-refractivity contribution is -0.113. The molecule has 0 saturated carbocycles. The van der Waals surface area contributed by atoms with E-state index in [-0.39, 0.29) is 5.91 Å². The van der Waals surface area contributed by atoms with Crippen LogP contribution in [0.1, 0.15) is 5.56 Å². The number of carbonyl (C=O) groups is 1. The van der Waals surface area contributed by atoms with E-state index >= 15 is 0 Å². The molecule has 0 N–H and O–H groups in total. The maximum Gasteiger partial charge on any atom is 0.270 e. The van der Waals surface area contributed by atoms with Gasteiger partial charge in [0.25, 0.3) is 5.91 Å². The minimum absolute atomic E-state index is 0.128. The summed E-state index contributed by atoms with van der Waals surface area (Å²) in [7, 11) is 1.59. The molecule has 3 aromatic rings. The molecule has 0 atom stereocenters. The van der Waals surface area contributed by atoms with Gasteiger partial charge in [-0.15, -0.1) is 0 Å². The molecular weight excluding hydrogens is 378 g/mol. The van der Waals surface area contributed by atoms with Crippen molar-refractivity contribution in [1.82, 2.24) is 9.55 Å². The lowest BCUT2D eigenvalue weighted by Gasteiger charge is -2.15. The fourth-order valence-corrected chi connectivity index (χ4v) is 4.04. The maximum absolute atomic E-state index is 12.9. The van der Waals surface area contributed by atoms with E-state index in [0.717, 1.165) is 11.3 Å². The summed E-state index contributed by atoms with van der Waals surface area (Å²) < 4.78 is 7.67. The van der Waals surface area contributed by atoms with E-state index in [0.29, 0.717) is 20.7 Å². The standard InChI is InChI=1S/C20H15N3O2S2/c1-25-17-4-2-3-16(12-17)23-19(24)18(27-20(23)26)11-14-5-7-15(8-6-14)22-10-9-21-13-22/h2-13H,1H3/b18-11+. The number of benzene rings is 2. The van der Waals surface area contributed by atoms with Crippen LogP contribution in [0.15, 0.2) is 72.2 Å². The van der Waals surface area contributed by atoms with Gasteiger partial charge in [-0.3, -0.25) is 9.69 Å². The zero-order chi connectivity index (χ0) is 18.8. The summed E-state index contributed by atoms with van der Waals surface area (Å²) in [5.74, 6) is 0.553. The molecule has 7 heteroatoms. The second-order valence-corrected chi connectivity index (χ2v) is 7.46. The molecule has 134 valence electrons. The summed E-state index contributed by atoms with van der Waals surface area (Å²) in [5.41, 5.74) is 2.65. The number of anilines is 1. The number of amides is 1. The monoisotopic (exact) mass is 393 g/mol. The van der Waals surface area contributed by atoms with Crippen molar-refractivity contribution in [1.29, 1.82) is 0 Å². The Bertz CT molecular complexity index is 1030. The Kier molecular flexibility index (Phi) is 4.79. The number of ether oxygens (including phenoxy) is 1. The fraction of sp³-hybridized carbons (Fsp3) is 0.0500. The third-order valence-corrected chi connectivity index (χ3v) is 5.40. The first kappa shape index (κ1) is 17.5. The van der Waals surface area contributed by atoms with E-state index in [2.05, 4.69) is 4.98 Å². The molecule has 1 fully saturated rings. The van der Waals surface area contributed by atoms with Crippen LogP contribution in [0.3, 0.4) is 0 Å². The Morgan fingerprint density at radius 2 is 1.96 bits per heavy atom. The number of hydrogen-bond acceptors (Lipinski definition) is 5. The van der Waals surface area contributed by atoms with E-state index in [1.54, 1.807) is 25.7 Å². The Morgan fingerprint density at radius 1 is 1.15 bits per heavy atom. The number of thioether (sulfide) groups is 1. The molecule has 2 aromatic carbocycles. The van der Waals surface area contributed by atoms with E-state index in [1.807, 2.05) is 59.3 Å². The predicted molar refractivity (Wildman–Crippen MR) is 112 cm³/mol. The van der Waals surface area contributed by atoms with Gasteiger partial charge in [0.2, 0.25) is 0 Å². The average molecular weight is 393 g/mol. The minimum Gasteiger partial charge on any atom is -0.497 e. The number of thiocarbonyl (C=S) groups is 1. The van der Waals surface area contributed by atoms with Gasteiger partial charge in [-0.1, -0.05) is 42.2 Å². The summed E-state index contributed by atoms with van der Waals surface area (Å²) in [6.07, 6.45) is 7.22. The molecule has 0 bridgehead atoms. The molecular formula is C20H15N3O2S2. The maximum atomic E-state index is 12.9. The number of carbonyl (C=O) groups excluding carboxylic acids is 1. The molecule has 1 saturated heterocycles. The zero-order valence-corrected chi connectivity index (χ0v) is 16.0. The highest BCUT2D eigenvalue weighted by Gasteiger charge is 2.33. The van der Waals surface area contributed by atoms with Crippen molar-refractivity contribution in [2.45, 2.75) is 0 Å². The van der Waals surface area contributed by atoms with Crippen molar-refractivity contribution >= 4 is 46.0 Å². The Morgan fingerprint density at radius 3 is 2.67 bits per heavy atom. The summed E-state index contributed by atoms with van der Waals surface area (Å²) in [4.78, 5) is 19.0. The summed E-state index contributed by atoms with van der Waals surface area (Å²) in [6.45, 7) is 0. The summed E-state index contributed by atoms with van der Waals surface area (Å²) in [6, 6.07) is 15.2. The van der Waals surface area contributed by atoms with Gasteiger partial charge >= 0.3 is 0 Å². The molecule has 27 heavy (non-hydrogen) atoms. The van der Waals surface area contributed by atoms with Crippen LogP contribution in [-0.4, -0.2) is 26.9 Å². The molecule has 5 nitrogen and oxygen atoms in total. The summed E-state index contributed by atoms with van der Waals surface area (Å²) in [5, 5.41) is 0. The average Bonchev–Trinajstić information content (AvgIpc) is 3.31. The first-order chi connectivity index (χ1) is 13.2. The normalized spacial score (nSPS) is 15.6. The van der Waals surface area contributed by atoms with Gasteiger partial charge in [-0.2, -0.15) is 0 Å². The number of imidazole rings is 1. The molecule has 1 aliphatic rings. The van der Waals surface area contributed by atoms with Crippen LogP contribution in [0.2, 0.25) is 0 Å². The lowest BCUT2D eigenvalue weighted by Crippen LogP contribution is -2.27. The van der Waals surface area contributed by atoms with Crippen molar-refractivity contribution in [2.24, 2.45) is 0 Å². The van der Waals surface area contributed by atoms with Crippen LogP contribution in [0, 0.1) is 0 Å². The van der Waals surface area contributed by atoms with E-state index in [9.17, 15) is 4.79 Å². The minimum atomic E-state index is -0.128. The number of methoxy groups -OCH3 is 1. The number of aromatic nitrogens is 2. The first-order valence-electron chi connectivity index (χ1n) is 8.16. The molecule has 0 aliphatic carbocycles. The van der Waals surface area contributed by atoms with Gasteiger partial charge in [0.05, 0.1) is 24.0 Å². The second-order valence-electron chi connectivity index (χ2n) is 5.78. The van der Waals surface area contributed by atoms with Crippen LogP contribution in [-0.2, 0) is 4.79 Å². The van der Waals surface area contributed by atoms with Gasteiger partial charge in [0, 0.05) is 24.1 Å². The smallest absolute Gasteiger partial charge is 0.270 e. The van der Waals surface area contributed by atoms with Crippen LogP contribution < -0.4 is 9.64 Å². The van der Waals surface area contributed by atoms with E-state index < -0.39 is 0 Å². The van der Waals surface area contributed by atoms with Gasteiger partial charge in [0.15, 0.2) is 4.32 Å². The Hall–Kier alpha value is -2.90. The van der Waals surface area contributed by atoms with Gasteiger partial charge in [-0.05, 0) is 35.9 Å². The third kappa shape index (κ3) is 3.51. The highest BCUT2D eigenvalue weighted by molar-refractivity contribution is 8.27. The van der Waals surface area contributed by atoms with Crippen molar-refractivity contribution in [3.05, 3.63) is 77.7 Å². The fourth-order valence-electron chi connectivity index (χ4n) is 2.75. The van der Waals surface area contributed by atoms with Crippen LogP contribution in [0.4, 0.5) is 5.69 Å². The van der Waals surface area contributed by atoms with E-state index in [4.69, 9.17) is 17.0 Å².